The number of esters is 2. The van der Waals surface area contributed by atoms with Gasteiger partial charge in [0.15, 0.2) is 5.43 Å². The summed E-state index contributed by atoms with van der Waals surface area (Å²) >= 11 is 0. The van der Waals surface area contributed by atoms with Crippen molar-refractivity contribution in [3.63, 3.8) is 0 Å². The number of rotatable bonds is 4. The predicted molar refractivity (Wildman–Crippen MR) is 120 cm³/mol. The van der Waals surface area contributed by atoms with E-state index in [0.717, 1.165) is 10.8 Å². The Balaban J connectivity index is 1.69. The highest BCUT2D eigenvalue weighted by molar-refractivity contribution is 5.95. The Labute approximate surface area is 178 Å². The first-order chi connectivity index (χ1) is 15.0. The molecule has 1 atom stereocenters. The smallest absolute Gasteiger partial charge is 0.341 e. The fourth-order valence-corrected chi connectivity index (χ4v) is 3.54. The first-order valence-electron chi connectivity index (χ1n) is 9.84. The molecular weight excluding hydrogens is 392 g/mol. The van der Waals surface area contributed by atoms with E-state index in [-0.39, 0.29) is 16.7 Å². The van der Waals surface area contributed by atoms with E-state index >= 15 is 0 Å². The molecule has 31 heavy (non-hydrogen) atoms. The standard InChI is InChI=1S/C26H20O5/c1-16(25(28)31-23-10-6-5-9-22(23)26(29)30-2)18-13-14-21-19(15-18)12-11-17-7-3-4-8-20(17)24(21)27/h3-16H,1-2H3. The quantitative estimate of drug-likeness (QED) is 0.354. The number of methoxy groups -OCH3 is 1. The summed E-state index contributed by atoms with van der Waals surface area (Å²) in [5.41, 5.74) is 0.839. The van der Waals surface area contributed by atoms with Gasteiger partial charge in [-0.1, -0.05) is 66.7 Å². The average molecular weight is 412 g/mol. The molecule has 154 valence electrons. The molecule has 0 N–H and O–H groups in total. The third kappa shape index (κ3) is 3.90. The Hall–Kier alpha value is -3.99. The molecule has 4 aromatic rings. The summed E-state index contributed by atoms with van der Waals surface area (Å²) in [4.78, 5) is 37.7. The molecule has 0 aromatic heterocycles. The van der Waals surface area contributed by atoms with Crippen LogP contribution < -0.4 is 10.2 Å². The van der Waals surface area contributed by atoms with Gasteiger partial charge in [-0.05, 0) is 35.4 Å². The number of carbonyl (C=O) groups excluding carboxylic acids is 2. The normalized spacial score (nSPS) is 11.8. The minimum Gasteiger partial charge on any atom is -0.465 e. The van der Waals surface area contributed by atoms with Crippen molar-refractivity contribution in [2.75, 3.05) is 7.11 Å². The second kappa shape index (κ2) is 8.40. The Bertz CT molecular complexity index is 1370. The molecule has 0 fully saturated rings. The van der Waals surface area contributed by atoms with Crippen molar-refractivity contribution in [3.05, 3.63) is 100 Å². The zero-order chi connectivity index (χ0) is 22.0. The molecule has 4 aromatic carbocycles. The van der Waals surface area contributed by atoms with E-state index in [9.17, 15) is 14.4 Å². The predicted octanol–water partition coefficient (Wildman–Crippen LogP) is 4.85. The molecule has 0 spiro atoms. The maximum atomic E-state index is 12.9. The first kappa shape index (κ1) is 20.3. The van der Waals surface area contributed by atoms with E-state index in [4.69, 9.17) is 9.47 Å². The molecule has 0 amide bonds. The molecule has 0 bridgehead atoms. The summed E-state index contributed by atoms with van der Waals surface area (Å²) in [6.07, 6.45) is 0. The fraction of sp³-hybridized carbons (Fsp3) is 0.115. The number of hydrogen-bond donors (Lipinski definition) is 0. The van der Waals surface area contributed by atoms with Crippen LogP contribution in [0.25, 0.3) is 21.5 Å². The molecule has 0 aliphatic heterocycles. The van der Waals surface area contributed by atoms with Gasteiger partial charge in [0.25, 0.3) is 0 Å². The van der Waals surface area contributed by atoms with Crippen molar-refractivity contribution in [3.8, 4) is 5.75 Å². The van der Waals surface area contributed by atoms with E-state index in [2.05, 4.69) is 0 Å². The number of para-hydroxylation sites is 1. The van der Waals surface area contributed by atoms with E-state index in [1.54, 1.807) is 37.3 Å². The Kier molecular flexibility index (Phi) is 5.50. The van der Waals surface area contributed by atoms with Crippen LogP contribution in [0.5, 0.6) is 5.75 Å². The molecular formula is C26H20O5. The van der Waals surface area contributed by atoms with Crippen LogP contribution in [0.15, 0.2) is 83.7 Å². The highest BCUT2D eigenvalue weighted by Crippen LogP contribution is 2.25. The molecule has 1 unspecified atom stereocenters. The van der Waals surface area contributed by atoms with Crippen LogP contribution in [0.2, 0.25) is 0 Å². The molecule has 0 aliphatic carbocycles. The van der Waals surface area contributed by atoms with Gasteiger partial charge in [-0.2, -0.15) is 0 Å². The minimum absolute atomic E-state index is 0.0515. The van der Waals surface area contributed by atoms with Gasteiger partial charge in [0, 0.05) is 10.8 Å². The van der Waals surface area contributed by atoms with E-state index < -0.39 is 17.9 Å². The zero-order valence-electron chi connectivity index (χ0n) is 17.1. The third-order valence-corrected chi connectivity index (χ3v) is 5.32. The van der Waals surface area contributed by atoms with Crippen LogP contribution in [0.3, 0.4) is 0 Å². The second-order valence-corrected chi connectivity index (χ2v) is 7.23. The molecule has 0 aliphatic rings. The fourth-order valence-electron chi connectivity index (χ4n) is 3.54. The van der Waals surface area contributed by atoms with Crippen molar-refractivity contribution in [2.24, 2.45) is 0 Å². The summed E-state index contributed by atoms with van der Waals surface area (Å²) in [6.45, 7) is 1.72. The molecule has 0 saturated heterocycles. The molecule has 5 heteroatoms. The van der Waals surface area contributed by atoms with Crippen LogP contribution in [-0.4, -0.2) is 19.0 Å². The molecule has 5 nitrogen and oxygen atoms in total. The largest absolute Gasteiger partial charge is 0.465 e. The Morgan fingerprint density at radius 3 is 2.29 bits per heavy atom. The van der Waals surface area contributed by atoms with Crippen molar-refractivity contribution in [2.45, 2.75) is 12.8 Å². The van der Waals surface area contributed by atoms with Crippen LogP contribution in [0.4, 0.5) is 0 Å². The first-order valence-corrected chi connectivity index (χ1v) is 9.84. The molecule has 0 saturated carbocycles. The van der Waals surface area contributed by atoms with Gasteiger partial charge < -0.3 is 9.47 Å². The lowest BCUT2D eigenvalue weighted by Crippen LogP contribution is -2.18. The number of ether oxygens (including phenoxy) is 2. The zero-order valence-corrected chi connectivity index (χ0v) is 17.1. The van der Waals surface area contributed by atoms with Crippen LogP contribution >= 0.6 is 0 Å². The Morgan fingerprint density at radius 2 is 1.48 bits per heavy atom. The van der Waals surface area contributed by atoms with Crippen LogP contribution in [0.1, 0.15) is 28.8 Å². The van der Waals surface area contributed by atoms with Crippen molar-refractivity contribution < 1.29 is 19.1 Å². The highest BCUT2D eigenvalue weighted by atomic mass is 16.5. The summed E-state index contributed by atoms with van der Waals surface area (Å²) in [6, 6.07) is 23.0. The van der Waals surface area contributed by atoms with Crippen molar-refractivity contribution in [1.82, 2.24) is 0 Å². The number of hydrogen-bond acceptors (Lipinski definition) is 5. The second-order valence-electron chi connectivity index (χ2n) is 7.23. The number of fused-ring (bicyclic) bond motifs is 2. The van der Waals surface area contributed by atoms with Gasteiger partial charge in [-0.3, -0.25) is 9.59 Å². The molecule has 0 radical (unpaired) electrons. The third-order valence-electron chi connectivity index (χ3n) is 5.32. The monoisotopic (exact) mass is 412 g/mol. The highest BCUT2D eigenvalue weighted by Gasteiger charge is 2.21. The lowest BCUT2D eigenvalue weighted by atomic mass is 9.98. The lowest BCUT2D eigenvalue weighted by Gasteiger charge is -2.13. The van der Waals surface area contributed by atoms with Crippen LogP contribution in [-0.2, 0) is 9.53 Å². The maximum absolute atomic E-state index is 12.9. The van der Waals surface area contributed by atoms with Gasteiger partial charge in [0.05, 0.1) is 13.0 Å². The summed E-state index contributed by atoms with van der Waals surface area (Å²) in [7, 11) is 1.27. The van der Waals surface area contributed by atoms with Crippen molar-refractivity contribution >= 4 is 33.5 Å². The lowest BCUT2D eigenvalue weighted by molar-refractivity contribution is -0.135. The Morgan fingerprint density at radius 1 is 0.806 bits per heavy atom. The van der Waals surface area contributed by atoms with E-state index in [1.165, 1.54) is 13.2 Å². The van der Waals surface area contributed by atoms with Gasteiger partial charge in [-0.25, -0.2) is 4.79 Å². The summed E-state index contributed by atoms with van der Waals surface area (Å²) in [5, 5.41) is 2.84. The van der Waals surface area contributed by atoms with E-state index in [0.29, 0.717) is 16.3 Å². The van der Waals surface area contributed by atoms with Gasteiger partial charge in [0.2, 0.25) is 0 Å². The average Bonchev–Trinajstić information content (AvgIpc) is 2.95. The number of carbonyl (C=O) groups is 2. The SMILES string of the molecule is COC(=O)c1ccccc1OC(=O)C(C)c1ccc2c(=O)c3ccccc3ccc2c1. The topological polar surface area (TPSA) is 69.7 Å². The molecule has 4 rings (SSSR count). The summed E-state index contributed by atoms with van der Waals surface area (Å²) in [5.74, 6) is -1.55. The van der Waals surface area contributed by atoms with Gasteiger partial charge in [-0.15, -0.1) is 0 Å². The minimum atomic E-state index is -0.606. The number of benzene rings is 3. The van der Waals surface area contributed by atoms with Crippen molar-refractivity contribution in [1.29, 1.82) is 0 Å². The van der Waals surface area contributed by atoms with Gasteiger partial charge in [0.1, 0.15) is 11.3 Å². The maximum Gasteiger partial charge on any atom is 0.341 e. The summed E-state index contributed by atoms with van der Waals surface area (Å²) < 4.78 is 10.2. The van der Waals surface area contributed by atoms with E-state index in [1.807, 2.05) is 42.5 Å². The van der Waals surface area contributed by atoms with Gasteiger partial charge >= 0.3 is 11.9 Å². The van der Waals surface area contributed by atoms with Crippen LogP contribution in [0, 0.1) is 0 Å². The molecule has 0 heterocycles.